The summed E-state index contributed by atoms with van der Waals surface area (Å²) in [6.07, 6.45) is 8.09. The molecule has 2 aliphatic rings. The molecule has 0 fully saturated rings. The van der Waals surface area contributed by atoms with Crippen molar-refractivity contribution in [2.45, 2.75) is 5.92 Å². The van der Waals surface area contributed by atoms with Crippen molar-refractivity contribution in [2.75, 3.05) is 7.11 Å². The third-order valence-corrected chi connectivity index (χ3v) is 5.19. The van der Waals surface area contributed by atoms with E-state index in [0.717, 1.165) is 26.6 Å². The van der Waals surface area contributed by atoms with Crippen LogP contribution >= 0.6 is 15.9 Å². The van der Waals surface area contributed by atoms with Crippen LogP contribution in [0, 0.1) is 5.92 Å². The van der Waals surface area contributed by atoms with Gasteiger partial charge in [0.15, 0.2) is 5.78 Å². The fourth-order valence-corrected chi connectivity index (χ4v) is 4.01. The molecule has 4 rings (SSSR count). The predicted molar refractivity (Wildman–Crippen MR) is 87.0 cm³/mol. The van der Waals surface area contributed by atoms with Crippen molar-refractivity contribution in [3.05, 3.63) is 64.2 Å². The van der Waals surface area contributed by atoms with E-state index in [4.69, 9.17) is 4.74 Å². The highest BCUT2D eigenvalue weighted by Crippen LogP contribution is 2.47. The average molecular weight is 341 g/mol. The maximum Gasteiger partial charge on any atom is 0.171 e. The van der Waals surface area contributed by atoms with Gasteiger partial charge in [0.05, 0.1) is 17.5 Å². The number of Topliss-reactive ketones (excluding diaryl/α,β-unsaturated/α-hetero) is 1. The van der Waals surface area contributed by atoms with Crippen LogP contribution in [0.15, 0.2) is 53.0 Å². The largest absolute Gasteiger partial charge is 0.496 e. The second-order valence-electron chi connectivity index (χ2n) is 5.40. The van der Waals surface area contributed by atoms with Gasteiger partial charge < -0.3 is 4.74 Å². The summed E-state index contributed by atoms with van der Waals surface area (Å²) in [4.78, 5) is 12.8. The number of methoxy groups -OCH3 is 1. The number of rotatable bonds is 1. The molecule has 104 valence electrons. The molecule has 2 nitrogen and oxygen atoms in total. The minimum absolute atomic E-state index is 0.0982. The lowest BCUT2D eigenvalue weighted by Crippen LogP contribution is -2.26. The summed E-state index contributed by atoms with van der Waals surface area (Å²) >= 11 is 3.60. The van der Waals surface area contributed by atoms with Gasteiger partial charge in [-0.05, 0) is 32.9 Å². The molecule has 2 atom stereocenters. The minimum atomic E-state index is -0.0982. The number of fused-ring (bicyclic) bond motifs is 2. The van der Waals surface area contributed by atoms with Crippen molar-refractivity contribution in [1.82, 2.24) is 0 Å². The van der Waals surface area contributed by atoms with Crippen LogP contribution in [0.2, 0.25) is 0 Å². The number of ether oxygens (including phenoxy) is 1. The van der Waals surface area contributed by atoms with E-state index >= 15 is 0 Å². The maximum absolute atomic E-state index is 12.8. The van der Waals surface area contributed by atoms with Gasteiger partial charge in [-0.2, -0.15) is 0 Å². The molecule has 2 unspecified atom stereocenters. The molecule has 0 saturated carbocycles. The van der Waals surface area contributed by atoms with E-state index in [9.17, 15) is 4.79 Å². The monoisotopic (exact) mass is 340 g/mol. The van der Waals surface area contributed by atoms with Gasteiger partial charge in [0.2, 0.25) is 0 Å². The summed E-state index contributed by atoms with van der Waals surface area (Å²) in [7, 11) is 1.67. The fraction of sp³-hybridized carbons (Fsp3) is 0.167. The first-order valence-electron chi connectivity index (χ1n) is 6.90. The molecular weight excluding hydrogens is 328 g/mol. The fourth-order valence-electron chi connectivity index (χ4n) is 3.41. The molecule has 0 aliphatic heterocycles. The van der Waals surface area contributed by atoms with Gasteiger partial charge in [0, 0.05) is 16.9 Å². The summed E-state index contributed by atoms with van der Waals surface area (Å²) in [5, 5.41) is 2.09. The van der Waals surface area contributed by atoms with Gasteiger partial charge in [0.1, 0.15) is 5.75 Å². The van der Waals surface area contributed by atoms with E-state index in [1.54, 1.807) is 7.11 Å². The molecule has 0 aromatic heterocycles. The SMILES string of the molecule is COc1cc2c3c(cccc3c1Br)C(=O)C1C=CC=CC21. The highest BCUT2D eigenvalue weighted by atomic mass is 79.9. The molecule has 21 heavy (non-hydrogen) atoms. The van der Waals surface area contributed by atoms with Crippen molar-refractivity contribution in [3.8, 4) is 5.75 Å². The van der Waals surface area contributed by atoms with Crippen LogP contribution in [-0.2, 0) is 0 Å². The van der Waals surface area contributed by atoms with Crippen LogP contribution in [-0.4, -0.2) is 12.9 Å². The predicted octanol–water partition coefficient (Wildman–Crippen LogP) is 4.63. The van der Waals surface area contributed by atoms with Gasteiger partial charge >= 0.3 is 0 Å². The van der Waals surface area contributed by atoms with Crippen LogP contribution in [0.4, 0.5) is 0 Å². The number of hydrogen-bond acceptors (Lipinski definition) is 2. The van der Waals surface area contributed by atoms with Gasteiger partial charge in [0.25, 0.3) is 0 Å². The third kappa shape index (κ3) is 1.67. The molecule has 2 aromatic rings. The highest BCUT2D eigenvalue weighted by Gasteiger charge is 2.35. The number of benzene rings is 2. The first kappa shape index (κ1) is 12.8. The molecule has 0 spiro atoms. The summed E-state index contributed by atoms with van der Waals surface area (Å²) in [5.74, 6) is 1.02. The quantitative estimate of drug-likeness (QED) is 0.756. The average Bonchev–Trinajstić information content (AvgIpc) is 2.54. The van der Waals surface area contributed by atoms with E-state index in [-0.39, 0.29) is 17.6 Å². The van der Waals surface area contributed by atoms with Crippen LogP contribution in [0.5, 0.6) is 5.75 Å². The van der Waals surface area contributed by atoms with Gasteiger partial charge in [-0.3, -0.25) is 4.79 Å². The number of carbonyl (C=O) groups is 1. The Morgan fingerprint density at radius 3 is 2.67 bits per heavy atom. The lowest BCUT2D eigenvalue weighted by molar-refractivity contribution is 0.0934. The number of hydrogen-bond donors (Lipinski definition) is 0. The Kier molecular flexibility index (Phi) is 2.79. The minimum Gasteiger partial charge on any atom is -0.496 e. The summed E-state index contributed by atoms with van der Waals surface area (Å²) < 4.78 is 6.40. The second kappa shape index (κ2) is 4.57. The van der Waals surface area contributed by atoms with Crippen molar-refractivity contribution in [2.24, 2.45) is 5.92 Å². The van der Waals surface area contributed by atoms with E-state index in [2.05, 4.69) is 28.1 Å². The van der Waals surface area contributed by atoms with E-state index in [1.165, 1.54) is 5.56 Å². The highest BCUT2D eigenvalue weighted by molar-refractivity contribution is 9.10. The standard InChI is InChI=1S/C18H13BrO2/c1-21-15-9-14-10-5-2-3-6-11(10)18(20)13-8-4-7-12(16(13)14)17(15)19/h2-11H,1H3. The maximum atomic E-state index is 12.8. The molecular formula is C18H13BrO2. The Morgan fingerprint density at radius 2 is 1.90 bits per heavy atom. The van der Waals surface area contributed by atoms with E-state index in [1.807, 2.05) is 36.4 Å². The third-order valence-electron chi connectivity index (χ3n) is 4.37. The molecule has 2 aliphatic carbocycles. The molecule has 0 heterocycles. The molecule has 0 bridgehead atoms. The first-order valence-corrected chi connectivity index (χ1v) is 7.70. The lowest BCUT2D eigenvalue weighted by atomic mass is 9.72. The van der Waals surface area contributed by atoms with E-state index < -0.39 is 0 Å². The lowest BCUT2D eigenvalue weighted by Gasteiger charge is -2.31. The number of halogens is 1. The smallest absolute Gasteiger partial charge is 0.171 e. The van der Waals surface area contributed by atoms with Crippen molar-refractivity contribution in [1.29, 1.82) is 0 Å². The van der Waals surface area contributed by atoms with Crippen LogP contribution < -0.4 is 4.74 Å². The van der Waals surface area contributed by atoms with Crippen molar-refractivity contribution < 1.29 is 9.53 Å². The molecule has 0 radical (unpaired) electrons. The molecule has 0 amide bonds. The van der Waals surface area contributed by atoms with Gasteiger partial charge in [-0.25, -0.2) is 0 Å². The first-order chi connectivity index (χ1) is 10.2. The summed E-state index contributed by atoms with van der Waals surface area (Å²) in [6, 6.07) is 7.95. The molecule has 2 aromatic carbocycles. The Bertz CT molecular complexity index is 833. The zero-order chi connectivity index (χ0) is 14.6. The number of carbonyl (C=O) groups excluding carboxylic acids is 1. The van der Waals surface area contributed by atoms with Crippen molar-refractivity contribution in [3.63, 3.8) is 0 Å². The van der Waals surface area contributed by atoms with Crippen LogP contribution in [0.25, 0.3) is 10.8 Å². The van der Waals surface area contributed by atoms with E-state index in [0.29, 0.717) is 0 Å². The van der Waals surface area contributed by atoms with Crippen LogP contribution in [0.3, 0.4) is 0 Å². The Hall–Kier alpha value is -1.87. The Balaban J connectivity index is 2.15. The topological polar surface area (TPSA) is 26.3 Å². The Labute approximate surface area is 131 Å². The number of ketones is 1. The van der Waals surface area contributed by atoms with Crippen LogP contribution in [0.1, 0.15) is 21.8 Å². The molecule has 0 saturated heterocycles. The zero-order valence-corrected chi connectivity index (χ0v) is 13.1. The summed E-state index contributed by atoms with van der Waals surface area (Å²) in [6.45, 7) is 0. The zero-order valence-electron chi connectivity index (χ0n) is 11.5. The van der Waals surface area contributed by atoms with Crippen molar-refractivity contribution >= 4 is 32.5 Å². The molecule has 0 N–H and O–H groups in total. The number of allylic oxidation sites excluding steroid dienone is 4. The Morgan fingerprint density at radius 1 is 1.14 bits per heavy atom. The van der Waals surface area contributed by atoms with Gasteiger partial charge in [-0.1, -0.05) is 42.5 Å². The summed E-state index contributed by atoms with van der Waals surface area (Å²) in [5.41, 5.74) is 1.98. The normalized spacial score (nSPS) is 22.5. The second-order valence-corrected chi connectivity index (χ2v) is 6.19. The molecule has 3 heteroatoms. The van der Waals surface area contributed by atoms with Gasteiger partial charge in [-0.15, -0.1) is 0 Å².